The minimum Gasteiger partial charge on any atom is -0.314 e. The van der Waals surface area contributed by atoms with Crippen LogP contribution in [0.3, 0.4) is 0 Å². The molecule has 0 unspecified atom stereocenters. The average Bonchev–Trinajstić information content (AvgIpc) is 2.72. The summed E-state index contributed by atoms with van der Waals surface area (Å²) in [5, 5.41) is 3.77. The fourth-order valence-corrected chi connectivity index (χ4v) is 4.32. The quantitative estimate of drug-likeness (QED) is 0.728. The highest BCUT2D eigenvalue weighted by Crippen LogP contribution is 2.36. The van der Waals surface area contributed by atoms with E-state index in [9.17, 15) is 0 Å². The number of nitrogens with zero attached hydrogens (tertiary/aromatic N) is 1. The van der Waals surface area contributed by atoms with Gasteiger partial charge in [-0.3, -0.25) is 0 Å². The van der Waals surface area contributed by atoms with Crippen molar-refractivity contribution >= 4 is 0 Å². The second kappa shape index (κ2) is 8.53. The maximum atomic E-state index is 3.77. The number of piperidine rings is 1. The zero-order valence-electron chi connectivity index (χ0n) is 14.8. The van der Waals surface area contributed by atoms with Crippen LogP contribution in [-0.4, -0.2) is 37.1 Å². The van der Waals surface area contributed by atoms with E-state index in [-0.39, 0.29) is 0 Å². The summed E-state index contributed by atoms with van der Waals surface area (Å²) in [5.41, 5.74) is 0.555. The van der Waals surface area contributed by atoms with Gasteiger partial charge in [0.1, 0.15) is 0 Å². The minimum absolute atomic E-state index is 0.555. The van der Waals surface area contributed by atoms with Crippen LogP contribution < -0.4 is 5.32 Å². The van der Waals surface area contributed by atoms with Gasteiger partial charge in [-0.25, -0.2) is 0 Å². The number of hydrogen-bond acceptors (Lipinski definition) is 2. The summed E-state index contributed by atoms with van der Waals surface area (Å²) < 4.78 is 0. The van der Waals surface area contributed by atoms with Gasteiger partial charge in [0.05, 0.1) is 0 Å². The Hall–Kier alpha value is -0.0800. The summed E-state index contributed by atoms with van der Waals surface area (Å²) in [4.78, 5) is 2.79. The second-order valence-corrected chi connectivity index (χ2v) is 8.08. The summed E-state index contributed by atoms with van der Waals surface area (Å²) in [6.45, 7) is 12.2. The number of likely N-dealkylation sites (tertiary alicyclic amines) is 1. The first-order chi connectivity index (χ1) is 10.1. The number of nitrogens with one attached hydrogen (secondary N) is 1. The lowest BCUT2D eigenvalue weighted by molar-refractivity contribution is 0.0927. The van der Waals surface area contributed by atoms with Crippen LogP contribution in [0.2, 0.25) is 0 Å². The molecule has 1 heterocycles. The molecular formula is C19H38N2. The van der Waals surface area contributed by atoms with Crippen LogP contribution in [0, 0.1) is 11.3 Å². The summed E-state index contributed by atoms with van der Waals surface area (Å²) in [7, 11) is 0. The molecule has 0 spiro atoms. The van der Waals surface area contributed by atoms with Crippen molar-refractivity contribution in [2.45, 2.75) is 84.6 Å². The summed E-state index contributed by atoms with van der Waals surface area (Å²) in [6.07, 6.45) is 13.0. The van der Waals surface area contributed by atoms with Crippen LogP contribution >= 0.6 is 0 Å². The fourth-order valence-electron chi connectivity index (χ4n) is 4.32. The third-order valence-corrected chi connectivity index (χ3v) is 5.89. The first-order valence-electron chi connectivity index (χ1n) is 9.59. The van der Waals surface area contributed by atoms with Gasteiger partial charge < -0.3 is 10.2 Å². The van der Waals surface area contributed by atoms with E-state index in [2.05, 4.69) is 31.0 Å². The molecule has 0 aromatic rings. The molecule has 1 aliphatic carbocycles. The van der Waals surface area contributed by atoms with Crippen molar-refractivity contribution in [1.82, 2.24) is 10.2 Å². The highest BCUT2D eigenvalue weighted by molar-refractivity contribution is 4.88. The molecule has 0 atom stereocenters. The third-order valence-electron chi connectivity index (χ3n) is 5.89. The Bertz CT molecular complexity index is 271. The van der Waals surface area contributed by atoms with Gasteiger partial charge in [0.25, 0.3) is 0 Å². The Kier molecular flexibility index (Phi) is 7.01. The van der Waals surface area contributed by atoms with Gasteiger partial charge in [-0.1, -0.05) is 52.9 Å². The van der Waals surface area contributed by atoms with Crippen LogP contribution in [0.5, 0.6) is 0 Å². The van der Waals surface area contributed by atoms with Gasteiger partial charge in [0.15, 0.2) is 0 Å². The standard InChI is InChI=1S/C19H38N2/c1-4-18-9-13-21(14-10-18)16-19(15-20-17(2)3)11-7-5-6-8-12-19/h17-18,20H,4-16H2,1-3H3. The molecule has 2 aliphatic rings. The number of rotatable bonds is 6. The van der Waals surface area contributed by atoms with Crippen molar-refractivity contribution in [1.29, 1.82) is 0 Å². The molecule has 2 nitrogen and oxygen atoms in total. The van der Waals surface area contributed by atoms with E-state index in [4.69, 9.17) is 0 Å². The monoisotopic (exact) mass is 294 g/mol. The molecular weight excluding hydrogens is 256 g/mol. The molecule has 1 saturated heterocycles. The molecule has 0 aromatic carbocycles. The lowest BCUT2D eigenvalue weighted by atomic mass is 9.78. The van der Waals surface area contributed by atoms with E-state index in [1.807, 2.05) is 0 Å². The van der Waals surface area contributed by atoms with Crippen LogP contribution in [-0.2, 0) is 0 Å². The maximum Gasteiger partial charge on any atom is 0.00501 e. The minimum atomic E-state index is 0.555. The van der Waals surface area contributed by atoms with Crippen molar-refractivity contribution in [3.8, 4) is 0 Å². The molecule has 0 bridgehead atoms. The lowest BCUT2D eigenvalue weighted by Crippen LogP contribution is -2.47. The molecule has 0 radical (unpaired) electrons. The van der Waals surface area contributed by atoms with Crippen LogP contribution in [0.1, 0.15) is 78.6 Å². The third kappa shape index (κ3) is 5.56. The Morgan fingerprint density at radius 3 is 2.19 bits per heavy atom. The van der Waals surface area contributed by atoms with Crippen LogP contribution in [0.15, 0.2) is 0 Å². The second-order valence-electron chi connectivity index (χ2n) is 8.08. The van der Waals surface area contributed by atoms with Crippen molar-refractivity contribution in [2.75, 3.05) is 26.2 Å². The molecule has 2 heteroatoms. The molecule has 2 fully saturated rings. The smallest absolute Gasteiger partial charge is 0.00501 e. The van der Waals surface area contributed by atoms with Gasteiger partial charge in [-0.15, -0.1) is 0 Å². The molecule has 1 N–H and O–H groups in total. The van der Waals surface area contributed by atoms with Gasteiger partial charge >= 0.3 is 0 Å². The summed E-state index contributed by atoms with van der Waals surface area (Å²) in [5.74, 6) is 1.00. The van der Waals surface area contributed by atoms with E-state index >= 15 is 0 Å². The zero-order valence-corrected chi connectivity index (χ0v) is 14.8. The van der Waals surface area contributed by atoms with Crippen molar-refractivity contribution in [2.24, 2.45) is 11.3 Å². The topological polar surface area (TPSA) is 15.3 Å². The van der Waals surface area contributed by atoms with Gasteiger partial charge in [0.2, 0.25) is 0 Å². The highest BCUT2D eigenvalue weighted by atomic mass is 15.1. The van der Waals surface area contributed by atoms with Gasteiger partial charge in [-0.2, -0.15) is 0 Å². The average molecular weight is 295 g/mol. The zero-order chi connectivity index (χ0) is 15.1. The Balaban J connectivity index is 1.91. The largest absolute Gasteiger partial charge is 0.314 e. The highest BCUT2D eigenvalue weighted by Gasteiger charge is 2.33. The Labute approximate surface area is 133 Å². The molecule has 1 saturated carbocycles. The van der Waals surface area contributed by atoms with E-state index in [1.54, 1.807) is 0 Å². The van der Waals surface area contributed by atoms with E-state index < -0.39 is 0 Å². The van der Waals surface area contributed by atoms with Gasteiger partial charge in [-0.05, 0) is 50.1 Å². The number of hydrogen-bond donors (Lipinski definition) is 1. The molecule has 2 rings (SSSR count). The predicted octanol–water partition coefficient (Wildman–Crippen LogP) is 4.45. The van der Waals surface area contributed by atoms with Crippen molar-refractivity contribution < 1.29 is 0 Å². The molecule has 0 amide bonds. The predicted molar refractivity (Wildman–Crippen MR) is 92.7 cm³/mol. The van der Waals surface area contributed by atoms with E-state index in [0.717, 1.165) is 5.92 Å². The van der Waals surface area contributed by atoms with Gasteiger partial charge in [0, 0.05) is 19.1 Å². The summed E-state index contributed by atoms with van der Waals surface area (Å²) >= 11 is 0. The Morgan fingerprint density at radius 1 is 1.05 bits per heavy atom. The van der Waals surface area contributed by atoms with Crippen molar-refractivity contribution in [3.63, 3.8) is 0 Å². The maximum absolute atomic E-state index is 3.77. The molecule has 21 heavy (non-hydrogen) atoms. The lowest BCUT2D eigenvalue weighted by Gasteiger charge is -2.41. The molecule has 124 valence electrons. The first-order valence-corrected chi connectivity index (χ1v) is 9.59. The first kappa shape index (κ1) is 17.3. The van der Waals surface area contributed by atoms with E-state index in [1.165, 1.54) is 84.0 Å². The molecule has 0 aromatic heterocycles. The van der Waals surface area contributed by atoms with Crippen LogP contribution in [0.4, 0.5) is 0 Å². The fraction of sp³-hybridized carbons (Fsp3) is 1.00. The van der Waals surface area contributed by atoms with E-state index in [0.29, 0.717) is 11.5 Å². The summed E-state index contributed by atoms with van der Waals surface area (Å²) in [6, 6.07) is 0.621. The molecule has 1 aliphatic heterocycles. The van der Waals surface area contributed by atoms with Crippen LogP contribution in [0.25, 0.3) is 0 Å². The Morgan fingerprint density at radius 2 is 1.67 bits per heavy atom. The van der Waals surface area contributed by atoms with Crippen molar-refractivity contribution in [3.05, 3.63) is 0 Å². The SMILES string of the molecule is CCC1CCN(CC2(CNC(C)C)CCCCCC2)CC1. The normalized spacial score (nSPS) is 25.1.